The van der Waals surface area contributed by atoms with Crippen molar-refractivity contribution >= 4 is 5.91 Å². The molecular formula is C17H18N2O. The van der Waals surface area contributed by atoms with Crippen LogP contribution in [0.1, 0.15) is 22.7 Å². The van der Waals surface area contributed by atoms with Crippen LogP contribution in [0.2, 0.25) is 0 Å². The lowest BCUT2D eigenvalue weighted by molar-refractivity contribution is -0.150. The molecule has 0 spiro atoms. The van der Waals surface area contributed by atoms with Gasteiger partial charge in [-0.15, -0.1) is 0 Å². The van der Waals surface area contributed by atoms with Crippen molar-refractivity contribution < 1.29 is 4.79 Å². The van der Waals surface area contributed by atoms with Gasteiger partial charge in [0, 0.05) is 6.54 Å². The number of amides is 1. The Morgan fingerprint density at radius 1 is 1.05 bits per heavy atom. The zero-order valence-electron chi connectivity index (χ0n) is 11.5. The van der Waals surface area contributed by atoms with Gasteiger partial charge >= 0.3 is 0 Å². The summed E-state index contributed by atoms with van der Waals surface area (Å²) in [6.07, 6.45) is 0. The second-order valence-electron chi connectivity index (χ2n) is 5.33. The number of rotatable bonds is 3. The number of aryl methyl sites for hydroxylation is 1. The maximum Gasteiger partial charge on any atom is 0.242 e. The topological polar surface area (TPSA) is 46.3 Å². The van der Waals surface area contributed by atoms with Gasteiger partial charge in [0.15, 0.2) is 0 Å². The number of hydrogen-bond donors (Lipinski definition) is 1. The minimum Gasteiger partial charge on any atom is -0.328 e. The van der Waals surface area contributed by atoms with Crippen molar-refractivity contribution in [1.82, 2.24) is 4.90 Å². The van der Waals surface area contributed by atoms with E-state index in [1.807, 2.05) is 35.2 Å². The van der Waals surface area contributed by atoms with Crippen molar-refractivity contribution in [3.63, 3.8) is 0 Å². The predicted molar refractivity (Wildman–Crippen MR) is 78.9 cm³/mol. The van der Waals surface area contributed by atoms with Gasteiger partial charge in [-0.1, -0.05) is 60.2 Å². The third-order valence-electron chi connectivity index (χ3n) is 3.86. The van der Waals surface area contributed by atoms with Crippen LogP contribution in [0.25, 0.3) is 0 Å². The second-order valence-corrected chi connectivity index (χ2v) is 5.33. The van der Waals surface area contributed by atoms with E-state index in [1.165, 1.54) is 5.56 Å². The van der Waals surface area contributed by atoms with Crippen LogP contribution in [-0.4, -0.2) is 16.8 Å². The smallest absolute Gasteiger partial charge is 0.242 e. The minimum absolute atomic E-state index is 0.0108. The van der Waals surface area contributed by atoms with Crippen LogP contribution in [-0.2, 0) is 11.3 Å². The van der Waals surface area contributed by atoms with Crippen molar-refractivity contribution in [2.24, 2.45) is 5.73 Å². The van der Waals surface area contributed by atoms with E-state index >= 15 is 0 Å². The van der Waals surface area contributed by atoms with Crippen molar-refractivity contribution in [2.75, 3.05) is 0 Å². The Kier molecular flexibility index (Phi) is 3.28. The summed E-state index contributed by atoms with van der Waals surface area (Å²) in [6, 6.07) is 17.8. The van der Waals surface area contributed by atoms with Crippen molar-refractivity contribution in [3.8, 4) is 0 Å². The van der Waals surface area contributed by atoms with Crippen molar-refractivity contribution in [2.45, 2.75) is 25.6 Å². The fourth-order valence-electron chi connectivity index (χ4n) is 2.68. The van der Waals surface area contributed by atoms with Crippen LogP contribution in [0, 0.1) is 6.92 Å². The monoisotopic (exact) mass is 266 g/mol. The van der Waals surface area contributed by atoms with Crippen molar-refractivity contribution in [3.05, 3.63) is 71.3 Å². The lowest BCUT2D eigenvalue weighted by Crippen LogP contribution is -2.62. The number of β-lactam (4-membered cyclic amide) rings is 1. The lowest BCUT2D eigenvalue weighted by Gasteiger charge is -2.45. The molecule has 0 saturated carbocycles. The fraction of sp³-hybridized carbons (Fsp3) is 0.235. The average molecular weight is 266 g/mol. The maximum absolute atomic E-state index is 12.0. The highest BCUT2D eigenvalue weighted by atomic mass is 16.2. The molecule has 2 aromatic rings. The van der Waals surface area contributed by atoms with E-state index in [4.69, 9.17) is 5.73 Å². The number of carbonyl (C=O) groups excluding carboxylic acids is 1. The summed E-state index contributed by atoms with van der Waals surface area (Å²) in [4.78, 5) is 13.9. The molecule has 0 bridgehead atoms. The van der Waals surface area contributed by atoms with Gasteiger partial charge in [-0.25, -0.2) is 0 Å². The molecule has 3 nitrogen and oxygen atoms in total. The number of likely N-dealkylation sites (tertiary alicyclic amines) is 1. The van der Waals surface area contributed by atoms with Gasteiger partial charge in [-0.2, -0.15) is 0 Å². The average Bonchev–Trinajstić information content (AvgIpc) is 2.49. The molecule has 0 aromatic heterocycles. The van der Waals surface area contributed by atoms with Crippen LogP contribution >= 0.6 is 0 Å². The second kappa shape index (κ2) is 5.10. The summed E-state index contributed by atoms with van der Waals surface area (Å²) in [5, 5.41) is 0. The maximum atomic E-state index is 12.0. The van der Waals surface area contributed by atoms with Crippen LogP contribution in [0.3, 0.4) is 0 Å². The summed E-state index contributed by atoms with van der Waals surface area (Å²) in [6.45, 7) is 2.67. The molecule has 0 radical (unpaired) electrons. The summed E-state index contributed by atoms with van der Waals surface area (Å²) < 4.78 is 0. The molecule has 3 rings (SSSR count). The molecule has 20 heavy (non-hydrogen) atoms. The highest BCUT2D eigenvalue weighted by molar-refractivity contribution is 5.89. The van der Waals surface area contributed by atoms with E-state index in [-0.39, 0.29) is 11.9 Å². The first kappa shape index (κ1) is 12.9. The van der Waals surface area contributed by atoms with E-state index in [1.54, 1.807) is 0 Å². The van der Waals surface area contributed by atoms with E-state index in [0.717, 1.165) is 11.1 Å². The number of hydrogen-bond acceptors (Lipinski definition) is 2. The molecule has 2 aromatic carbocycles. The number of benzene rings is 2. The molecule has 1 saturated heterocycles. The molecular weight excluding hydrogens is 248 g/mol. The zero-order chi connectivity index (χ0) is 14.1. The molecule has 1 aliphatic heterocycles. The largest absolute Gasteiger partial charge is 0.328 e. The van der Waals surface area contributed by atoms with Gasteiger partial charge < -0.3 is 10.6 Å². The van der Waals surface area contributed by atoms with Crippen LogP contribution < -0.4 is 5.73 Å². The summed E-state index contributed by atoms with van der Waals surface area (Å²) in [5.74, 6) is 0.0272. The van der Waals surface area contributed by atoms with Crippen LogP contribution in [0.15, 0.2) is 54.6 Å². The lowest BCUT2D eigenvalue weighted by atomic mass is 9.88. The Morgan fingerprint density at radius 2 is 1.70 bits per heavy atom. The quantitative estimate of drug-likeness (QED) is 0.867. The molecule has 1 amide bonds. The normalized spacial score (nSPS) is 21.7. The fourth-order valence-corrected chi connectivity index (χ4v) is 2.68. The Labute approximate surface area is 119 Å². The Hall–Kier alpha value is -2.13. The van der Waals surface area contributed by atoms with Crippen LogP contribution in [0.5, 0.6) is 0 Å². The zero-order valence-corrected chi connectivity index (χ0v) is 11.5. The molecule has 1 fully saturated rings. The van der Waals surface area contributed by atoms with E-state index < -0.39 is 6.04 Å². The molecule has 102 valence electrons. The predicted octanol–water partition coefficient (Wildman–Crippen LogP) is 2.41. The standard InChI is InChI=1S/C17H18N2O/c1-12-7-9-14(10-8-12)16-15(18)17(20)19(16)11-13-5-3-2-4-6-13/h2-10,15-16H,11,18H2,1H3/t15-,16+/m0/s1. The van der Waals surface area contributed by atoms with Gasteiger partial charge in [0.1, 0.15) is 6.04 Å². The first-order valence-corrected chi connectivity index (χ1v) is 6.83. The molecule has 1 aliphatic rings. The Morgan fingerprint density at radius 3 is 2.35 bits per heavy atom. The highest BCUT2D eigenvalue weighted by Gasteiger charge is 2.45. The van der Waals surface area contributed by atoms with Gasteiger partial charge in [0.2, 0.25) is 5.91 Å². The number of nitrogens with two attached hydrogens (primary N) is 1. The number of nitrogens with zero attached hydrogens (tertiary/aromatic N) is 1. The number of carbonyl (C=O) groups is 1. The van der Waals surface area contributed by atoms with E-state index in [2.05, 4.69) is 31.2 Å². The molecule has 2 atom stereocenters. The van der Waals surface area contributed by atoms with Gasteiger partial charge in [0.05, 0.1) is 6.04 Å². The molecule has 2 N–H and O–H groups in total. The van der Waals surface area contributed by atoms with Gasteiger partial charge in [-0.3, -0.25) is 4.79 Å². The third-order valence-corrected chi connectivity index (χ3v) is 3.86. The summed E-state index contributed by atoms with van der Waals surface area (Å²) in [7, 11) is 0. The SMILES string of the molecule is Cc1ccc([C@@H]2[C@H](N)C(=O)N2Cc2ccccc2)cc1. The van der Waals surface area contributed by atoms with E-state index in [0.29, 0.717) is 6.54 Å². The van der Waals surface area contributed by atoms with Gasteiger partial charge in [-0.05, 0) is 18.1 Å². The summed E-state index contributed by atoms with van der Waals surface area (Å²) in [5.41, 5.74) is 9.44. The van der Waals surface area contributed by atoms with Gasteiger partial charge in [0.25, 0.3) is 0 Å². The van der Waals surface area contributed by atoms with E-state index in [9.17, 15) is 4.79 Å². The molecule has 0 aliphatic carbocycles. The highest BCUT2D eigenvalue weighted by Crippen LogP contribution is 2.35. The molecule has 0 unspecified atom stereocenters. The summed E-state index contributed by atoms with van der Waals surface area (Å²) >= 11 is 0. The first-order valence-electron chi connectivity index (χ1n) is 6.83. The Bertz CT molecular complexity index is 607. The Balaban J connectivity index is 1.82. The van der Waals surface area contributed by atoms with Crippen LogP contribution in [0.4, 0.5) is 0 Å². The molecule has 3 heteroatoms. The minimum atomic E-state index is -0.415. The van der Waals surface area contributed by atoms with Crippen molar-refractivity contribution in [1.29, 1.82) is 0 Å². The molecule has 1 heterocycles. The third kappa shape index (κ3) is 2.21. The first-order chi connectivity index (χ1) is 9.66.